The third-order valence-electron chi connectivity index (χ3n) is 4.34. The Balaban J connectivity index is 1.91. The minimum absolute atomic E-state index is 0.0432. The van der Waals surface area contributed by atoms with Gasteiger partial charge in [0.05, 0.1) is 4.92 Å². The second-order valence-corrected chi connectivity index (χ2v) is 5.63. The molecule has 2 aliphatic heterocycles. The Morgan fingerprint density at radius 2 is 2.29 bits per heavy atom. The van der Waals surface area contributed by atoms with Crippen molar-refractivity contribution in [2.75, 3.05) is 18.0 Å². The number of carbonyl (C=O) groups is 1. The fourth-order valence-electron chi connectivity index (χ4n) is 3.36. The summed E-state index contributed by atoms with van der Waals surface area (Å²) < 4.78 is 0. The highest BCUT2D eigenvalue weighted by Crippen LogP contribution is 2.34. The number of nitrogens with one attached hydrogen (secondary N) is 1. The monoisotopic (exact) mass is 290 g/mol. The van der Waals surface area contributed by atoms with Gasteiger partial charge < -0.3 is 10.2 Å². The molecule has 0 unspecified atom stereocenters. The van der Waals surface area contributed by atoms with E-state index in [1.807, 2.05) is 4.90 Å². The maximum Gasteiger partial charge on any atom is 0.311 e. The van der Waals surface area contributed by atoms with Gasteiger partial charge in [-0.25, -0.2) is 4.98 Å². The molecule has 0 radical (unpaired) electrons. The highest BCUT2D eigenvalue weighted by molar-refractivity contribution is 5.78. The highest BCUT2D eigenvalue weighted by Gasteiger charge is 2.37. The molecular weight excluding hydrogens is 272 g/mol. The van der Waals surface area contributed by atoms with Gasteiger partial charge in [0.2, 0.25) is 11.7 Å². The average Bonchev–Trinajstić information content (AvgIpc) is 2.93. The predicted molar refractivity (Wildman–Crippen MR) is 77.0 cm³/mol. The van der Waals surface area contributed by atoms with E-state index in [2.05, 4.69) is 10.3 Å². The van der Waals surface area contributed by atoms with Crippen molar-refractivity contribution in [2.45, 2.75) is 31.7 Å². The van der Waals surface area contributed by atoms with Crippen molar-refractivity contribution in [3.8, 4) is 0 Å². The molecule has 112 valence electrons. The number of nitro groups is 1. The normalized spacial score (nSPS) is 25.7. The highest BCUT2D eigenvalue weighted by atomic mass is 16.6. The zero-order chi connectivity index (χ0) is 14.8. The first-order valence-corrected chi connectivity index (χ1v) is 7.29. The number of amides is 1. The molecule has 2 saturated heterocycles. The summed E-state index contributed by atoms with van der Waals surface area (Å²) >= 11 is 0. The summed E-state index contributed by atoms with van der Waals surface area (Å²) in [5, 5.41) is 14.1. The third kappa shape index (κ3) is 2.68. The number of carbonyl (C=O) groups excluding carboxylic acids is 1. The zero-order valence-electron chi connectivity index (χ0n) is 11.7. The van der Waals surface area contributed by atoms with E-state index in [-0.39, 0.29) is 28.5 Å². The van der Waals surface area contributed by atoms with Crippen LogP contribution in [0.25, 0.3) is 0 Å². The van der Waals surface area contributed by atoms with Crippen LogP contribution >= 0.6 is 0 Å². The Labute approximate surface area is 122 Å². The van der Waals surface area contributed by atoms with Crippen molar-refractivity contribution >= 4 is 17.4 Å². The van der Waals surface area contributed by atoms with E-state index >= 15 is 0 Å². The first-order valence-electron chi connectivity index (χ1n) is 7.29. The predicted octanol–water partition coefficient (Wildman–Crippen LogP) is 1.48. The van der Waals surface area contributed by atoms with Gasteiger partial charge in [0.25, 0.3) is 0 Å². The van der Waals surface area contributed by atoms with E-state index in [1.165, 1.54) is 6.07 Å². The van der Waals surface area contributed by atoms with Crippen molar-refractivity contribution in [1.82, 2.24) is 10.3 Å². The molecule has 0 aliphatic carbocycles. The number of nitrogens with zero attached hydrogens (tertiary/aromatic N) is 3. The van der Waals surface area contributed by atoms with Crippen LogP contribution in [-0.2, 0) is 4.79 Å². The van der Waals surface area contributed by atoms with Gasteiger partial charge in [-0.2, -0.15) is 0 Å². The number of hydrogen-bond acceptors (Lipinski definition) is 5. The molecule has 1 aromatic heterocycles. The lowest BCUT2D eigenvalue weighted by Gasteiger charge is -2.39. The SMILES string of the molecule is O=C1C[C@H]([C@H]2CCCCN2c2ncccc2[N+](=O)[O-])CN1. The molecule has 2 atom stereocenters. The summed E-state index contributed by atoms with van der Waals surface area (Å²) in [7, 11) is 0. The van der Waals surface area contributed by atoms with Crippen molar-refractivity contribution in [2.24, 2.45) is 5.92 Å². The molecule has 21 heavy (non-hydrogen) atoms. The molecule has 0 aromatic carbocycles. The lowest BCUT2D eigenvalue weighted by molar-refractivity contribution is -0.384. The van der Waals surface area contributed by atoms with Crippen LogP contribution in [-0.4, -0.2) is 34.9 Å². The van der Waals surface area contributed by atoms with Crippen molar-refractivity contribution in [3.63, 3.8) is 0 Å². The van der Waals surface area contributed by atoms with Gasteiger partial charge in [-0.05, 0) is 25.3 Å². The molecule has 7 heteroatoms. The van der Waals surface area contributed by atoms with E-state index in [9.17, 15) is 14.9 Å². The van der Waals surface area contributed by atoms with Crippen LogP contribution in [0.5, 0.6) is 0 Å². The smallest absolute Gasteiger partial charge is 0.311 e. The number of rotatable bonds is 3. The Morgan fingerprint density at radius 3 is 3.00 bits per heavy atom. The van der Waals surface area contributed by atoms with Crippen molar-refractivity contribution < 1.29 is 9.72 Å². The maximum atomic E-state index is 11.5. The van der Waals surface area contributed by atoms with Gasteiger partial charge in [-0.15, -0.1) is 0 Å². The zero-order valence-corrected chi connectivity index (χ0v) is 11.7. The summed E-state index contributed by atoms with van der Waals surface area (Å²) in [5.41, 5.74) is 0.0432. The summed E-state index contributed by atoms with van der Waals surface area (Å²) in [6.07, 6.45) is 5.13. The van der Waals surface area contributed by atoms with Gasteiger partial charge in [0.15, 0.2) is 0 Å². The molecular formula is C14H18N4O3. The Hall–Kier alpha value is -2.18. The van der Waals surface area contributed by atoms with E-state index < -0.39 is 0 Å². The molecule has 3 rings (SSSR count). The van der Waals surface area contributed by atoms with Crippen LogP contribution in [0.2, 0.25) is 0 Å². The lowest BCUT2D eigenvalue weighted by atomic mass is 9.89. The Morgan fingerprint density at radius 1 is 1.43 bits per heavy atom. The summed E-state index contributed by atoms with van der Waals surface area (Å²) in [6.45, 7) is 1.41. The first-order chi connectivity index (χ1) is 10.2. The van der Waals surface area contributed by atoms with Gasteiger partial charge in [-0.1, -0.05) is 0 Å². The van der Waals surface area contributed by atoms with Gasteiger partial charge in [-0.3, -0.25) is 14.9 Å². The van der Waals surface area contributed by atoms with Crippen LogP contribution in [0.15, 0.2) is 18.3 Å². The molecule has 0 bridgehead atoms. The second-order valence-electron chi connectivity index (χ2n) is 5.63. The van der Waals surface area contributed by atoms with Crippen LogP contribution < -0.4 is 10.2 Å². The average molecular weight is 290 g/mol. The van der Waals surface area contributed by atoms with Crippen molar-refractivity contribution in [3.05, 3.63) is 28.4 Å². The quantitative estimate of drug-likeness (QED) is 0.673. The summed E-state index contributed by atoms with van der Waals surface area (Å²) in [5.74, 6) is 0.715. The van der Waals surface area contributed by atoms with E-state index in [0.29, 0.717) is 18.8 Å². The number of pyridine rings is 1. The standard InChI is InChI=1S/C14H18N4O3/c19-13-8-10(9-16-13)11-4-1-2-7-17(11)14-12(18(20)21)5-3-6-15-14/h3,5-6,10-11H,1-2,4,7-9H2,(H,16,19)/t10-,11+/m0/s1. The molecule has 1 N–H and O–H groups in total. The van der Waals surface area contributed by atoms with Crippen LogP contribution in [0.3, 0.4) is 0 Å². The van der Waals surface area contributed by atoms with Crippen LogP contribution in [0.1, 0.15) is 25.7 Å². The molecule has 7 nitrogen and oxygen atoms in total. The van der Waals surface area contributed by atoms with Gasteiger partial charge >= 0.3 is 5.69 Å². The van der Waals surface area contributed by atoms with Crippen molar-refractivity contribution in [1.29, 1.82) is 0 Å². The van der Waals surface area contributed by atoms with Crippen LogP contribution in [0.4, 0.5) is 11.5 Å². The van der Waals surface area contributed by atoms with E-state index in [0.717, 1.165) is 25.8 Å². The molecule has 3 heterocycles. The Kier molecular flexibility index (Phi) is 3.72. The van der Waals surface area contributed by atoms with E-state index in [1.54, 1.807) is 12.3 Å². The fraction of sp³-hybridized carbons (Fsp3) is 0.571. The maximum absolute atomic E-state index is 11.5. The number of piperidine rings is 1. The minimum atomic E-state index is -0.383. The number of anilines is 1. The molecule has 0 saturated carbocycles. The second kappa shape index (κ2) is 5.67. The molecule has 2 fully saturated rings. The summed E-state index contributed by atoms with van der Waals surface area (Å²) in [6, 6.07) is 3.22. The lowest BCUT2D eigenvalue weighted by Crippen LogP contribution is -2.45. The number of hydrogen-bond donors (Lipinski definition) is 1. The topological polar surface area (TPSA) is 88.4 Å². The largest absolute Gasteiger partial charge is 0.356 e. The first kappa shape index (κ1) is 13.8. The molecule has 0 spiro atoms. The minimum Gasteiger partial charge on any atom is -0.356 e. The summed E-state index contributed by atoms with van der Waals surface area (Å²) in [4.78, 5) is 28.6. The van der Waals surface area contributed by atoms with Gasteiger partial charge in [0.1, 0.15) is 0 Å². The fourth-order valence-corrected chi connectivity index (χ4v) is 3.36. The van der Waals surface area contributed by atoms with Crippen LogP contribution in [0, 0.1) is 16.0 Å². The third-order valence-corrected chi connectivity index (χ3v) is 4.34. The number of aromatic nitrogens is 1. The molecule has 1 aromatic rings. The molecule has 2 aliphatic rings. The van der Waals surface area contributed by atoms with E-state index in [4.69, 9.17) is 0 Å². The molecule has 1 amide bonds. The Bertz CT molecular complexity index is 563. The van der Waals surface area contributed by atoms with Gasteiger partial charge in [0, 0.05) is 43.7 Å².